The van der Waals surface area contributed by atoms with Crippen LogP contribution in [0, 0.1) is 13.8 Å². The summed E-state index contributed by atoms with van der Waals surface area (Å²) in [5.74, 6) is 2.42. The van der Waals surface area contributed by atoms with E-state index in [0.29, 0.717) is 13.1 Å². The van der Waals surface area contributed by atoms with Crippen molar-refractivity contribution in [1.29, 1.82) is 0 Å². The molecule has 2 heterocycles. The van der Waals surface area contributed by atoms with Crippen molar-refractivity contribution in [3.8, 4) is 5.75 Å². The molecule has 0 radical (unpaired) electrons. The van der Waals surface area contributed by atoms with Crippen LogP contribution in [0.25, 0.3) is 0 Å². The fourth-order valence-corrected chi connectivity index (χ4v) is 2.41. The molecule has 0 N–H and O–H groups in total. The fourth-order valence-electron chi connectivity index (χ4n) is 2.41. The number of benzene rings is 1. The standard InChI is InChI=1S/C17H19N3O3/c1-12-8-14(18-22-12)10-20(11-15-9-13(2)23-19-15)16-4-6-17(21-3)7-5-16/h4-9H,10-11H2,1-3H3. The number of aryl methyl sites for hydroxylation is 2. The van der Waals surface area contributed by atoms with E-state index in [1.165, 1.54) is 0 Å². The van der Waals surface area contributed by atoms with Crippen molar-refractivity contribution in [2.45, 2.75) is 26.9 Å². The van der Waals surface area contributed by atoms with Crippen molar-refractivity contribution in [2.24, 2.45) is 0 Å². The number of aromatic nitrogens is 2. The molecular weight excluding hydrogens is 294 g/mol. The van der Waals surface area contributed by atoms with Crippen LogP contribution in [-0.4, -0.2) is 17.4 Å². The Morgan fingerprint density at radius 1 is 0.913 bits per heavy atom. The minimum atomic E-state index is 0.621. The second-order valence-corrected chi connectivity index (χ2v) is 5.41. The number of nitrogens with zero attached hydrogens (tertiary/aromatic N) is 3. The first kappa shape index (κ1) is 15.1. The van der Waals surface area contributed by atoms with E-state index >= 15 is 0 Å². The lowest BCUT2D eigenvalue weighted by Gasteiger charge is -2.22. The average molecular weight is 313 g/mol. The Morgan fingerprint density at radius 2 is 1.43 bits per heavy atom. The van der Waals surface area contributed by atoms with Crippen LogP contribution in [0.1, 0.15) is 22.9 Å². The molecular formula is C17H19N3O3. The molecule has 0 atom stereocenters. The van der Waals surface area contributed by atoms with E-state index in [2.05, 4.69) is 15.2 Å². The minimum Gasteiger partial charge on any atom is -0.497 e. The highest BCUT2D eigenvalue weighted by Crippen LogP contribution is 2.23. The SMILES string of the molecule is COc1ccc(N(Cc2cc(C)on2)Cc2cc(C)on2)cc1. The van der Waals surface area contributed by atoms with Gasteiger partial charge in [-0.1, -0.05) is 10.3 Å². The first-order valence-electron chi connectivity index (χ1n) is 7.37. The number of hydrogen-bond acceptors (Lipinski definition) is 6. The molecule has 120 valence electrons. The Kier molecular flexibility index (Phi) is 4.32. The Labute approximate surface area is 134 Å². The van der Waals surface area contributed by atoms with Crippen molar-refractivity contribution in [1.82, 2.24) is 10.3 Å². The van der Waals surface area contributed by atoms with Gasteiger partial charge in [0.2, 0.25) is 0 Å². The second-order valence-electron chi connectivity index (χ2n) is 5.41. The smallest absolute Gasteiger partial charge is 0.133 e. The molecule has 0 aliphatic carbocycles. The van der Waals surface area contributed by atoms with Crippen LogP contribution >= 0.6 is 0 Å². The van der Waals surface area contributed by atoms with E-state index in [-0.39, 0.29) is 0 Å². The van der Waals surface area contributed by atoms with Gasteiger partial charge in [0.25, 0.3) is 0 Å². The maximum Gasteiger partial charge on any atom is 0.133 e. The van der Waals surface area contributed by atoms with E-state index in [1.807, 2.05) is 50.2 Å². The molecule has 0 aliphatic heterocycles. The maximum atomic E-state index is 5.22. The summed E-state index contributed by atoms with van der Waals surface area (Å²) in [6.07, 6.45) is 0. The largest absolute Gasteiger partial charge is 0.497 e. The van der Waals surface area contributed by atoms with Crippen LogP contribution < -0.4 is 9.64 Å². The normalized spacial score (nSPS) is 10.7. The highest BCUT2D eigenvalue weighted by Gasteiger charge is 2.13. The van der Waals surface area contributed by atoms with Gasteiger partial charge in [-0.05, 0) is 38.1 Å². The van der Waals surface area contributed by atoms with Crippen molar-refractivity contribution >= 4 is 5.69 Å². The predicted octanol–water partition coefficient (Wildman–Crippen LogP) is 3.49. The van der Waals surface area contributed by atoms with Gasteiger partial charge >= 0.3 is 0 Å². The van der Waals surface area contributed by atoms with Gasteiger partial charge in [0.1, 0.15) is 28.7 Å². The fraction of sp³-hybridized carbons (Fsp3) is 0.294. The lowest BCUT2D eigenvalue weighted by Crippen LogP contribution is -2.22. The Hall–Kier alpha value is -2.76. The quantitative estimate of drug-likeness (QED) is 0.694. The van der Waals surface area contributed by atoms with E-state index in [9.17, 15) is 0 Å². The van der Waals surface area contributed by atoms with Gasteiger partial charge in [-0.25, -0.2) is 0 Å². The number of methoxy groups -OCH3 is 1. The van der Waals surface area contributed by atoms with Crippen molar-refractivity contribution in [2.75, 3.05) is 12.0 Å². The second kappa shape index (κ2) is 6.56. The number of anilines is 1. The van der Waals surface area contributed by atoms with Crippen LogP contribution in [-0.2, 0) is 13.1 Å². The predicted molar refractivity (Wildman–Crippen MR) is 85.4 cm³/mol. The molecule has 0 spiro atoms. The molecule has 0 fully saturated rings. The summed E-state index contributed by atoms with van der Waals surface area (Å²) in [5, 5.41) is 8.15. The van der Waals surface area contributed by atoms with Gasteiger partial charge in [0, 0.05) is 17.8 Å². The summed E-state index contributed by atoms with van der Waals surface area (Å²) in [7, 11) is 1.66. The van der Waals surface area contributed by atoms with Gasteiger partial charge in [-0.15, -0.1) is 0 Å². The summed E-state index contributed by atoms with van der Waals surface area (Å²) in [6, 6.07) is 11.8. The molecule has 3 rings (SSSR count). The summed E-state index contributed by atoms with van der Waals surface area (Å²) in [4.78, 5) is 2.16. The van der Waals surface area contributed by atoms with E-state index in [4.69, 9.17) is 13.8 Å². The lowest BCUT2D eigenvalue weighted by molar-refractivity contribution is 0.386. The topological polar surface area (TPSA) is 64.5 Å². The average Bonchev–Trinajstić information content (AvgIpc) is 3.15. The Balaban J connectivity index is 1.84. The summed E-state index contributed by atoms with van der Waals surface area (Å²) in [6.45, 7) is 5.01. The molecule has 0 aliphatic rings. The van der Waals surface area contributed by atoms with Crippen LogP contribution in [0.3, 0.4) is 0 Å². The molecule has 0 saturated heterocycles. The first-order valence-corrected chi connectivity index (χ1v) is 7.37. The Bertz CT molecular complexity index is 719. The van der Waals surface area contributed by atoms with Crippen LogP contribution in [0.2, 0.25) is 0 Å². The molecule has 3 aromatic rings. The molecule has 6 nitrogen and oxygen atoms in total. The van der Waals surface area contributed by atoms with E-state index in [0.717, 1.165) is 34.3 Å². The molecule has 23 heavy (non-hydrogen) atoms. The maximum absolute atomic E-state index is 5.22. The van der Waals surface area contributed by atoms with Crippen LogP contribution in [0.4, 0.5) is 5.69 Å². The summed E-state index contributed by atoms with van der Waals surface area (Å²) < 4.78 is 15.5. The van der Waals surface area contributed by atoms with Gasteiger partial charge in [0.05, 0.1) is 20.2 Å². The molecule has 0 amide bonds. The third-order valence-corrected chi connectivity index (χ3v) is 3.50. The highest BCUT2D eigenvalue weighted by molar-refractivity contribution is 5.49. The number of ether oxygens (including phenoxy) is 1. The van der Waals surface area contributed by atoms with E-state index < -0.39 is 0 Å². The lowest BCUT2D eigenvalue weighted by atomic mass is 10.2. The van der Waals surface area contributed by atoms with Gasteiger partial charge < -0.3 is 18.7 Å². The molecule has 6 heteroatoms. The van der Waals surface area contributed by atoms with Crippen LogP contribution in [0.15, 0.2) is 45.4 Å². The molecule has 0 saturated carbocycles. The van der Waals surface area contributed by atoms with Crippen molar-refractivity contribution < 1.29 is 13.8 Å². The number of hydrogen-bond donors (Lipinski definition) is 0. The van der Waals surface area contributed by atoms with Crippen LogP contribution in [0.5, 0.6) is 5.75 Å². The van der Waals surface area contributed by atoms with Crippen molar-refractivity contribution in [3.63, 3.8) is 0 Å². The number of rotatable bonds is 6. The zero-order valence-corrected chi connectivity index (χ0v) is 13.4. The zero-order chi connectivity index (χ0) is 16.2. The van der Waals surface area contributed by atoms with Gasteiger partial charge in [0.15, 0.2) is 0 Å². The monoisotopic (exact) mass is 313 g/mol. The molecule has 0 bridgehead atoms. The summed E-state index contributed by atoms with van der Waals surface area (Å²) >= 11 is 0. The Morgan fingerprint density at radius 3 is 1.83 bits per heavy atom. The third-order valence-electron chi connectivity index (χ3n) is 3.50. The van der Waals surface area contributed by atoms with Gasteiger partial charge in [-0.3, -0.25) is 0 Å². The first-order chi connectivity index (χ1) is 11.1. The summed E-state index contributed by atoms with van der Waals surface area (Å²) in [5.41, 5.74) is 2.80. The van der Waals surface area contributed by atoms with Crippen molar-refractivity contribution in [3.05, 3.63) is 59.3 Å². The minimum absolute atomic E-state index is 0.621. The molecule has 1 aromatic carbocycles. The van der Waals surface area contributed by atoms with Gasteiger partial charge in [-0.2, -0.15) is 0 Å². The zero-order valence-electron chi connectivity index (χ0n) is 13.4. The third kappa shape index (κ3) is 3.71. The highest BCUT2D eigenvalue weighted by atomic mass is 16.5. The molecule has 2 aromatic heterocycles. The van der Waals surface area contributed by atoms with E-state index in [1.54, 1.807) is 7.11 Å². The molecule has 0 unspecified atom stereocenters.